The van der Waals surface area contributed by atoms with Crippen LogP contribution < -0.4 is 10.1 Å². The summed E-state index contributed by atoms with van der Waals surface area (Å²) in [5.41, 5.74) is 0.844. The van der Waals surface area contributed by atoms with Crippen LogP contribution in [0.25, 0.3) is 17.1 Å². The van der Waals surface area contributed by atoms with Crippen LogP contribution in [0.3, 0.4) is 0 Å². The lowest BCUT2D eigenvalue weighted by Gasteiger charge is -2.20. The van der Waals surface area contributed by atoms with E-state index in [9.17, 15) is 26.7 Å². The van der Waals surface area contributed by atoms with Crippen LogP contribution in [0.1, 0.15) is 20.8 Å². The molecular weight excluding hydrogens is 451 g/mol. The van der Waals surface area contributed by atoms with Gasteiger partial charge < -0.3 is 9.47 Å². The number of hydrogen-bond acceptors (Lipinski definition) is 5. The monoisotopic (exact) mass is 470 g/mol. The standard InChI is InChI=1S/C21H19F5N4O3/c1-19(2,3)33-18(31)28-14-6-4-13(5-7-14)17-27-12-30(29-17)15-8-10-16(11-9-15)32-21(25,26)20(22,23)24/h4-12H,1-3H3,(H,28,31). The third-order valence-electron chi connectivity index (χ3n) is 3.96. The zero-order chi connectivity index (χ0) is 24.4. The van der Waals surface area contributed by atoms with E-state index in [0.29, 0.717) is 22.8 Å². The number of rotatable bonds is 5. The first-order valence-corrected chi connectivity index (χ1v) is 9.50. The number of anilines is 1. The molecule has 0 saturated carbocycles. The van der Waals surface area contributed by atoms with Gasteiger partial charge in [0.25, 0.3) is 0 Å². The van der Waals surface area contributed by atoms with E-state index in [4.69, 9.17) is 4.74 Å². The fourth-order valence-corrected chi connectivity index (χ4v) is 2.52. The van der Waals surface area contributed by atoms with Crippen LogP contribution in [0, 0.1) is 0 Å². The lowest BCUT2D eigenvalue weighted by atomic mass is 10.2. The molecule has 1 heterocycles. The van der Waals surface area contributed by atoms with E-state index < -0.39 is 29.7 Å². The summed E-state index contributed by atoms with van der Waals surface area (Å²) < 4.78 is 73.0. The van der Waals surface area contributed by atoms with Crippen LogP contribution in [0.4, 0.5) is 32.4 Å². The zero-order valence-electron chi connectivity index (χ0n) is 17.7. The highest BCUT2D eigenvalue weighted by molar-refractivity contribution is 5.85. The van der Waals surface area contributed by atoms with Gasteiger partial charge in [-0.2, -0.15) is 22.0 Å². The van der Waals surface area contributed by atoms with E-state index in [2.05, 4.69) is 20.1 Å². The molecule has 33 heavy (non-hydrogen) atoms. The fourth-order valence-electron chi connectivity index (χ4n) is 2.52. The van der Waals surface area contributed by atoms with Crippen molar-refractivity contribution in [3.05, 3.63) is 54.9 Å². The Hall–Kier alpha value is -3.70. The third-order valence-corrected chi connectivity index (χ3v) is 3.96. The van der Waals surface area contributed by atoms with Crippen molar-refractivity contribution >= 4 is 11.8 Å². The molecule has 176 valence electrons. The van der Waals surface area contributed by atoms with E-state index >= 15 is 0 Å². The minimum atomic E-state index is -5.83. The summed E-state index contributed by atoms with van der Waals surface area (Å²) in [6.07, 6.45) is -10.4. The first-order chi connectivity index (χ1) is 15.2. The average Bonchev–Trinajstić information content (AvgIpc) is 3.16. The van der Waals surface area contributed by atoms with Crippen LogP contribution in [0.5, 0.6) is 5.75 Å². The molecule has 0 aliphatic rings. The summed E-state index contributed by atoms with van der Waals surface area (Å²) in [7, 11) is 0. The molecule has 1 amide bonds. The van der Waals surface area contributed by atoms with Gasteiger partial charge in [0.15, 0.2) is 5.82 Å². The SMILES string of the molecule is CC(C)(C)OC(=O)Nc1ccc(-c2ncn(-c3ccc(OC(F)(F)C(F)(F)F)cc3)n2)cc1. The van der Waals surface area contributed by atoms with Crippen molar-refractivity contribution in [3.8, 4) is 22.8 Å². The van der Waals surface area contributed by atoms with Gasteiger partial charge >= 0.3 is 18.4 Å². The van der Waals surface area contributed by atoms with E-state index in [0.717, 1.165) is 12.1 Å². The van der Waals surface area contributed by atoms with E-state index in [1.54, 1.807) is 45.0 Å². The van der Waals surface area contributed by atoms with Gasteiger partial charge in [-0.3, -0.25) is 5.32 Å². The molecule has 0 atom stereocenters. The minimum absolute atomic E-state index is 0.322. The number of nitrogens with zero attached hydrogens (tertiary/aromatic N) is 3. The van der Waals surface area contributed by atoms with Crippen molar-refractivity contribution in [3.63, 3.8) is 0 Å². The van der Waals surface area contributed by atoms with Gasteiger partial charge in [0.1, 0.15) is 17.7 Å². The van der Waals surface area contributed by atoms with Crippen molar-refractivity contribution < 1.29 is 36.2 Å². The van der Waals surface area contributed by atoms with Crippen molar-refractivity contribution in [1.29, 1.82) is 0 Å². The van der Waals surface area contributed by atoms with Crippen LogP contribution in [0.2, 0.25) is 0 Å². The quantitative estimate of drug-likeness (QED) is 0.476. The lowest BCUT2D eigenvalue weighted by molar-refractivity contribution is -0.360. The highest BCUT2D eigenvalue weighted by Gasteiger charge is 2.61. The molecule has 3 rings (SSSR count). The van der Waals surface area contributed by atoms with Gasteiger partial charge in [0, 0.05) is 11.3 Å². The number of carbonyl (C=O) groups excluding carboxylic acids is 1. The summed E-state index contributed by atoms with van der Waals surface area (Å²) in [4.78, 5) is 16.0. The molecule has 1 N–H and O–H groups in total. The Morgan fingerprint density at radius 2 is 1.55 bits per heavy atom. The van der Waals surface area contributed by atoms with Crippen LogP contribution in [0.15, 0.2) is 54.9 Å². The molecule has 1 aromatic heterocycles. The highest BCUT2D eigenvalue weighted by Crippen LogP contribution is 2.37. The molecule has 0 fully saturated rings. The Labute approximate surface area is 185 Å². The van der Waals surface area contributed by atoms with Crippen LogP contribution >= 0.6 is 0 Å². The molecule has 0 unspecified atom stereocenters. The Morgan fingerprint density at radius 1 is 0.939 bits per heavy atom. The number of benzene rings is 2. The summed E-state index contributed by atoms with van der Waals surface area (Å²) in [6.45, 7) is 5.24. The van der Waals surface area contributed by atoms with Gasteiger partial charge in [-0.1, -0.05) is 0 Å². The second kappa shape index (κ2) is 8.68. The first kappa shape index (κ1) is 24.0. The predicted octanol–water partition coefficient (Wildman–Crippen LogP) is 5.82. The lowest BCUT2D eigenvalue weighted by Crippen LogP contribution is -2.41. The number of halogens is 5. The van der Waals surface area contributed by atoms with Gasteiger partial charge in [-0.15, -0.1) is 5.10 Å². The van der Waals surface area contributed by atoms with Gasteiger partial charge in [-0.25, -0.2) is 14.5 Å². The normalized spacial score (nSPS) is 12.4. The van der Waals surface area contributed by atoms with E-state index in [-0.39, 0.29) is 0 Å². The molecule has 3 aromatic rings. The molecule has 0 bridgehead atoms. The van der Waals surface area contributed by atoms with Crippen molar-refractivity contribution in [2.24, 2.45) is 0 Å². The molecular formula is C21H19F5N4O3. The van der Waals surface area contributed by atoms with Crippen molar-refractivity contribution in [1.82, 2.24) is 14.8 Å². The molecule has 0 aliphatic carbocycles. The van der Waals surface area contributed by atoms with Gasteiger partial charge in [0.05, 0.1) is 5.69 Å². The summed E-state index contributed by atoms with van der Waals surface area (Å²) >= 11 is 0. The van der Waals surface area contributed by atoms with E-state index in [1.807, 2.05) is 0 Å². The second-order valence-corrected chi connectivity index (χ2v) is 7.83. The zero-order valence-corrected chi connectivity index (χ0v) is 17.7. The van der Waals surface area contributed by atoms with Crippen LogP contribution in [-0.4, -0.2) is 38.7 Å². The smallest absolute Gasteiger partial charge is 0.444 e. The van der Waals surface area contributed by atoms with Gasteiger partial charge in [-0.05, 0) is 69.3 Å². The Kier molecular flexibility index (Phi) is 6.30. The summed E-state index contributed by atoms with van der Waals surface area (Å²) in [6, 6.07) is 11.0. The molecule has 2 aromatic carbocycles. The molecule has 7 nitrogen and oxygen atoms in total. The topological polar surface area (TPSA) is 78.3 Å². The maximum Gasteiger partial charge on any atom is 0.499 e. The van der Waals surface area contributed by atoms with Crippen molar-refractivity contribution in [2.45, 2.75) is 38.7 Å². The third kappa shape index (κ3) is 6.18. The van der Waals surface area contributed by atoms with Crippen molar-refractivity contribution in [2.75, 3.05) is 5.32 Å². The Bertz CT molecular complexity index is 1100. The maximum atomic E-state index is 13.0. The second-order valence-electron chi connectivity index (χ2n) is 7.83. The summed E-state index contributed by atoms with van der Waals surface area (Å²) in [5, 5.41) is 6.85. The Balaban J connectivity index is 1.68. The fraction of sp³-hybridized carbons (Fsp3) is 0.286. The molecule has 0 aliphatic heterocycles. The van der Waals surface area contributed by atoms with E-state index in [1.165, 1.54) is 23.1 Å². The molecule has 0 radical (unpaired) electrons. The highest BCUT2D eigenvalue weighted by atomic mass is 19.4. The molecule has 0 spiro atoms. The average molecular weight is 470 g/mol. The number of nitrogens with one attached hydrogen (secondary N) is 1. The number of carbonyl (C=O) groups is 1. The molecule has 0 saturated heterocycles. The molecule has 12 heteroatoms. The Morgan fingerprint density at radius 3 is 2.09 bits per heavy atom. The first-order valence-electron chi connectivity index (χ1n) is 9.50. The predicted molar refractivity (Wildman–Crippen MR) is 108 cm³/mol. The minimum Gasteiger partial charge on any atom is -0.444 e. The number of hydrogen-bond donors (Lipinski definition) is 1. The largest absolute Gasteiger partial charge is 0.499 e. The van der Waals surface area contributed by atoms with Crippen LogP contribution in [-0.2, 0) is 4.74 Å². The maximum absolute atomic E-state index is 13.0. The summed E-state index contributed by atoms with van der Waals surface area (Å²) in [5.74, 6) is -0.336. The number of aromatic nitrogens is 3. The van der Waals surface area contributed by atoms with Gasteiger partial charge in [0.2, 0.25) is 0 Å². The number of ether oxygens (including phenoxy) is 2. The number of alkyl halides is 5. The number of amides is 1.